The van der Waals surface area contributed by atoms with Crippen molar-refractivity contribution in [2.24, 2.45) is 5.92 Å². The van der Waals surface area contributed by atoms with E-state index < -0.39 is 22.0 Å². The Morgan fingerprint density at radius 1 is 1.09 bits per heavy atom. The maximum atomic E-state index is 12.9. The summed E-state index contributed by atoms with van der Waals surface area (Å²) in [6.07, 6.45) is 0. The van der Waals surface area contributed by atoms with Crippen LogP contribution in [0.1, 0.15) is 29.8 Å². The van der Waals surface area contributed by atoms with Gasteiger partial charge in [-0.15, -0.1) is 0 Å². The van der Waals surface area contributed by atoms with Gasteiger partial charge in [-0.1, -0.05) is 31.5 Å². The molecule has 2 aromatic carbocycles. The molecule has 1 heterocycles. The zero-order chi connectivity index (χ0) is 24.3. The van der Waals surface area contributed by atoms with Crippen molar-refractivity contribution in [3.8, 4) is 11.5 Å². The summed E-state index contributed by atoms with van der Waals surface area (Å²) < 4.78 is 36.5. The molecule has 0 spiro atoms. The van der Waals surface area contributed by atoms with E-state index >= 15 is 0 Å². The van der Waals surface area contributed by atoms with Gasteiger partial charge in [-0.25, -0.2) is 12.7 Å². The summed E-state index contributed by atoms with van der Waals surface area (Å²) in [6.45, 7) is 3.97. The molecule has 0 saturated carbocycles. The van der Waals surface area contributed by atoms with Gasteiger partial charge in [0.1, 0.15) is 6.04 Å². The third-order valence-corrected chi connectivity index (χ3v) is 7.24. The zero-order valence-electron chi connectivity index (χ0n) is 18.7. The molecular weight excluding hydrogens is 470 g/mol. The molecule has 0 fully saturated rings. The average Bonchev–Trinajstić information content (AvgIpc) is 3.23. The number of hydrogen-bond acceptors (Lipinski definition) is 6. The predicted octanol–water partition coefficient (Wildman–Crippen LogP) is 2.39. The van der Waals surface area contributed by atoms with Gasteiger partial charge in [0.05, 0.1) is 15.5 Å². The molecule has 3 rings (SSSR count). The van der Waals surface area contributed by atoms with E-state index in [2.05, 4.69) is 10.6 Å². The highest BCUT2D eigenvalue weighted by Gasteiger charge is 2.27. The predicted molar refractivity (Wildman–Crippen MR) is 123 cm³/mol. The van der Waals surface area contributed by atoms with Gasteiger partial charge in [0.15, 0.2) is 11.5 Å². The lowest BCUT2D eigenvalue weighted by molar-refractivity contribution is -0.124. The van der Waals surface area contributed by atoms with Gasteiger partial charge >= 0.3 is 0 Å². The van der Waals surface area contributed by atoms with Gasteiger partial charge < -0.3 is 20.1 Å². The third-order valence-electron chi connectivity index (χ3n) is 5.10. The number of amides is 2. The number of sulfonamides is 1. The van der Waals surface area contributed by atoms with Gasteiger partial charge in [-0.3, -0.25) is 9.59 Å². The fraction of sp³-hybridized carbons (Fsp3) is 0.364. The van der Waals surface area contributed by atoms with Crippen LogP contribution in [0.5, 0.6) is 11.5 Å². The Balaban J connectivity index is 1.72. The summed E-state index contributed by atoms with van der Waals surface area (Å²) >= 11 is 6.16. The van der Waals surface area contributed by atoms with E-state index in [0.717, 1.165) is 9.87 Å². The van der Waals surface area contributed by atoms with Crippen LogP contribution in [0.25, 0.3) is 0 Å². The fourth-order valence-corrected chi connectivity index (χ4v) is 4.29. The van der Waals surface area contributed by atoms with Gasteiger partial charge in [-0.2, -0.15) is 0 Å². The Morgan fingerprint density at radius 2 is 1.79 bits per heavy atom. The lowest BCUT2D eigenvalue weighted by Gasteiger charge is -2.22. The van der Waals surface area contributed by atoms with E-state index in [0.29, 0.717) is 11.5 Å². The van der Waals surface area contributed by atoms with Crippen molar-refractivity contribution < 1.29 is 27.5 Å². The SMILES string of the molecule is CC(C)[C@@H](NC(=O)c1cc(S(=O)(=O)N(C)C)ccc1Cl)C(=O)NCc1ccc2c(c1)OCO2. The normalized spacial score (nSPS) is 13.8. The van der Waals surface area contributed by atoms with Crippen LogP contribution in [0, 0.1) is 5.92 Å². The van der Waals surface area contributed by atoms with Crippen LogP contribution in [0.4, 0.5) is 0 Å². The number of ether oxygens (including phenoxy) is 2. The topological polar surface area (TPSA) is 114 Å². The summed E-state index contributed by atoms with van der Waals surface area (Å²) in [5.41, 5.74) is 0.778. The molecule has 0 saturated heterocycles. The van der Waals surface area contributed by atoms with Crippen LogP contribution in [0.15, 0.2) is 41.3 Å². The minimum absolute atomic E-state index is 0.0335. The molecule has 0 aromatic heterocycles. The number of rotatable bonds is 8. The standard InChI is InChI=1S/C22H26ClN3O6S/c1-13(2)20(22(28)24-11-14-5-8-18-19(9-14)32-12-31-18)25-21(27)16-10-15(6-7-17(16)23)33(29,30)26(3)4/h5-10,13,20H,11-12H2,1-4H3,(H,24,28)(H,25,27)/t20-/m1/s1. The Labute approximate surface area is 198 Å². The second kappa shape index (κ2) is 9.98. The van der Waals surface area contributed by atoms with E-state index in [1.807, 2.05) is 6.07 Å². The quantitative estimate of drug-likeness (QED) is 0.581. The molecule has 1 aliphatic rings. The number of hydrogen-bond donors (Lipinski definition) is 2. The Hall–Kier alpha value is -2.82. The third kappa shape index (κ3) is 5.58. The first-order valence-corrected chi connectivity index (χ1v) is 12.0. The minimum atomic E-state index is -3.76. The summed E-state index contributed by atoms with van der Waals surface area (Å²) in [4.78, 5) is 25.7. The van der Waals surface area contributed by atoms with Gasteiger partial charge in [0, 0.05) is 20.6 Å². The van der Waals surface area contributed by atoms with Crippen molar-refractivity contribution in [1.82, 2.24) is 14.9 Å². The second-order valence-electron chi connectivity index (χ2n) is 8.03. The molecule has 1 atom stereocenters. The van der Waals surface area contributed by atoms with Crippen molar-refractivity contribution in [2.45, 2.75) is 31.3 Å². The lowest BCUT2D eigenvalue weighted by atomic mass is 10.0. The van der Waals surface area contributed by atoms with Gasteiger partial charge in [-0.05, 0) is 41.8 Å². The average molecular weight is 496 g/mol. The fourth-order valence-electron chi connectivity index (χ4n) is 3.15. The number of nitrogens with zero attached hydrogens (tertiary/aromatic N) is 1. The zero-order valence-corrected chi connectivity index (χ0v) is 20.3. The smallest absolute Gasteiger partial charge is 0.253 e. The second-order valence-corrected chi connectivity index (χ2v) is 10.6. The Morgan fingerprint density at radius 3 is 2.45 bits per heavy atom. The van der Waals surface area contributed by atoms with Crippen molar-refractivity contribution in [3.63, 3.8) is 0 Å². The number of fused-ring (bicyclic) bond motifs is 1. The summed E-state index contributed by atoms with van der Waals surface area (Å²) in [5.74, 6) is -0.0134. The molecule has 0 radical (unpaired) electrons. The monoisotopic (exact) mass is 495 g/mol. The van der Waals surface area contributed by atoms with Crippen LogP contribution in [-0.4, -0.2) is 51.5 Å². The first kappa shape index (κ1) is 24.8. The van der Waals surface area contributed by atoms with E-state index in [9.17, 15) is 18.0 Å². The van der Waals surface area contributed by atoms with Crippen molar-refractivity contribution in [3.05, 3.63) is 52.5 Å². The van der Waals surface area contributed by atoms with Crippen molar-refractivity contribution >= 4 is 33.4 Å². The molecule has 11 heteroatoms. The summed E-state index contributed by atoms with van der Waals surface area (Å²) in [7, 11) is -0.975. The first-order chi connectivity index (χ1) is 15.5. The van der Waals surface area contributed by atoms with Crippen molar-refractivity contribution in [2.75, 3.05) is 20.9 Å². The van der Waals surface area contributed by atoms with Crippen LogP contribution in [0.3, 0.4) is 0 Å². The number of carbonyl (C=O) groups is 2. The van der Waals surface area contributed by atoms with E-state index in [4.69, 9.17) is 21.1 Å². The molecular formula is C22H26ClN3O6S. The van der Waals surface area contributed by atoms with Gasteiger partial charge in [0.25, 0.3) is 5.91 Å². The Kier molecular flexibility index (Phi) is 7.51. The minimum Gasteiger partial charge on any atom is -0.454 e. The molecule has 0 aliphatic carbocycles. The molecule has 2 aromatic rings. The molecule has 0 bridgehead atoms. The molecule has 178 valence electrons. The molecule has 9 nitrogen and oxygen atoms in total. The highest BCUT2D eigenvalue weighted by atomic mass is 35.5. The summed E-state index contributed by atoms with van der Waals surface area (Å²) in [5, 5.41) is 5.56. The van der Waals surface area contributed by atoms with E-state index in [1.165, 1.54) is 32.3 Å². The number of benzene rings is 2. The van der Waals surface area contributed by atoms with Crippen molar-refractivity contribution in [1.29, 1.82) is 0 Å². The van der Waals surface area contributed by atoms with Crippen LogP contribution in [-0.2, 0) is 21.4 Å². The first-order valence-electron chi connectivity index (χ1n) is 10.2. The van der Waals surface area contributed by atoms with Crippen LogP contribution in [0.2, 0.25) is 5.02 Å². The molecule has 1 aliphatic heterocycles. The molecule has 0 unspecified atom stereocenters. The van der Waals surface area contributed by atoms with Gasteiger partial charge in [0.2, 0.25) is 22.7 Å². The van der Waals surface area contributed by atoms with Crippen LogP contribution < -0.4 is 20.1 Å². The number of halogens is 1. The maximum absolute atomic E-state index is 12.9. The molecule has 2 amide bonds. The molecule has 2 N–H and O–H groups in total. The van der Waals surface area contributed by atoms with Crippen LogP contribution >= 0.6 is 11.6 Å². The highest BCUT2D eigenvalue weighted by Crippen LogP contribution is 2.32. The van der Waals surface area contributed by atoms with E-state index in [1.54, 1.807) is 26.0 Å². The highest BCUT2D eigenvalue weighted by molar-refractivity contribution is 7.89. The molecule has 33 heavy (non-hydrogen) atoms. The number of carbonyl (C=O) groups excluding carboxylic acids is 2. The largest absolute Gasteiger partial charge is 0.454 e. The summed E-state index contributed by atoms with van der Waals surface area (Å²) in [6, 6.07) is 8.37. The lowest BCUT2D eigenvalue weighted by Crippen LogP contribution is -2.49. The maximum Gasteiger partial charge on any atom is 0.253 e. The Bertz CT molecular complexity index is 1170. The van der Waals surface area contributed by atoms with E-state index in [-0.39, 0.29) is 40.6 Å². The number of nitrogens with one attached hydrogen (secondary N) is 2.